The number of nitrogens with zero attached hydrogens (tertiary/aromatic N) is 2. The van der Waals surface area contributed by atoms with Crippen LogP contribution in [0.5, 0.6) is 11.5 Å². The molecule has 0 radical (unpaired) electrons. The fourth-order valence-electron chi connectivity index (χ4n) is 4.64. The molecule has 1 aliphatic heterocycles. The number of benzene rings is 1. The molecule has 1 spiro atoms. The molecule has 1 aromatic heterocycles. The summed E-state index contributed by atoms with van der Waals surface area (Å²) >= 11 is 0. The molecule has 148 valence electrons. The second-order valence-corrected chi connectivity index (χ2v) is 8.20. The third-order valence-electron chi connectivity index (χ3n) is 6.41. The molecule has 2 fully saturated rings. The summed E-state index contributed by atoms with van der Waals surface area (Å²) in [4.78, 5) is 12.2. The monoisotopic (exact) mass is 383 g/mol. The highest BCUT2D eigenvalue weighted by Gasteiger charge is 2.53. The van der Waals surface area contributed by atoms with Crippen LogP contribution < -0.4 is 14.8 Å². The maximum Gasteiger partial charge on any atom is 0.247 e. The average molecular weight is 383 g/mol. The molecule has 7 heteroatoms. The molecule has 2 aromatic rings. The van der Waals surface area contributed by atoms with E-state index >= 15 is 0 Å². The molecule has 1 unspecified atom stereocenters. The van der Waals surface area contributed by atoms with E-state index < -0.39 is 0 Å². The Morgan fingerprint density at radius 3 is 2.89 bits per heavy atom. The van der Waals surface area contributed by atoms with E-state index in [-0.39, 0.29) is 12.7 Å². The Morgan fingerprint density at radius 2 is 2.00 bits per heavy atom. The first kappa shape index (κ1) is 17.5. The highest BCUT2D eigenvalue weighted by atomic mass is 16.7. The number of carbonyl (C=O) groups excluding carboxylic acids is 1. The largest absolute Gasteiger partial charge is 0.454 e. The third-order valence-corrected chi connectivity index (χ3v) is 6.41. The van der Waals surface area contributed by atoms with Crippen molar-refractivity contribution in [1.82, 2.24) is 15.5 Å². The van der Waals surface area contributed by atoms with Gasteiger partial charge in [-0.1, -0.05) is 19.3 Å². The van der Waals surface area contributed by atoms with E-state index in [4.69, 9.17) is 13.9 Å². The fraction of sp³-hybridized carbons (Fsp3) is 0.571. The normalized spacial score (nSPS) is 21.6. The fourth-order valence-corrected chi connectivity index (χ4v) is 4.64. The van der Waals surface area contributed by atoms with Gasteiger partial charge in [0, 0.05) is 24.9 Å². The van der Waals surface area contributed by atoms with Crippen LogP contribution in [-0.2, 0) is 11.2 Å². The lowest BCUT2D eigenvalue weighted by Crippen LogP contribution is -2.27. The van der Waals surface area contributed by atoms with Crippen molar-refractivity contribution in [2.75, 3.05) is 13.3 Å². The molecule has 1 atom stereocenters. The Balaban J connectivity index is 1.10. The first-order chi connectivity index (χ1) is 13.7. The second-order valence-electron chi connectivity index (χ2n) is 8.20. The zero-order valence-corrected chi connectivity index (χ0v) is 15.9. The van der Waals surface area contributed by atoms with Gasteiger partial charge >= 0.3 is 0 Å². The first-order valence-corrected chi connectivity index (χ1v) is 10.2. The molecule has 2 aliphatic carbocycles. The van der Waals surface area contributed by atoms with Gasteiger partial charge in [-0.05, 0) is 48.8 Å². The molecule has 7 nitrogen and oxygen atoms in total. The Hall–Kier alpha value is -2.57. The molecule has 1 aromatic carbocycles. The number of fused-ring (bicyclic) bond motifs is 1. The van der Waals surface area contributed by atoms with Crippen molar-refractivity contribution in [3.05, 3.63) is 24.1 Å². The maximum absolute atomic E-state index is 12.2. The predicted octanol–water partition coefficient (Wildman–Crippen LogP) is 3.48. The number of rotatable bonds is 6. The molecule has 0 saturated heterocycles. The number of aromatic nitrogens is 2. The van der Waals surface area contributed by atoms with Gasteiger partial charge in [0.05, 0.1) is 0 Å². The number of ether oxygens (including phenoxy) is 2. The summed E-state index contributed by atoms with van der Waals surface area (Å²) in [6.45, 7) is 1.04. The van der Waals surface area contributed by atoms with Crippen LogP contribution in [0.1, 0.15) is 50.8 Å². The van der Waals surface area contributed by atoms with Crippen LogP contribution in [0.2, 0.25) is 0 Å². The number of hydrogen-bond donors (Lipinski definition) is 1. The Bertz CT molecular complexity index is 872. The average Bonchev–Trinajstić information content (AvgIpc) is 3.10. The summed E-state index contributed by atoms with van der Waals surface area (Å²) in [5.41, 5.74) is 1.33. The van der Waals surface area contributed by atoms with E-state index in [0.29, 0.717) is 47.5 Å². The smallest absolute Gasteiger partial charge is 0.247 e. The standard InChI is InChI=1S/C21H25N3O4/c25-18(22-12-15-11-21(15)8-2-1-3-9-21)6-7-19-23-24-20(28-19)14-4-5-16-17(10-14)27-13-26-16/h4-5,10,15H,1-3,6-9,11-13H2,(H,22,25). The summed E-state index contributed by atoms with van der Waals surface area (Å²) in [7, 11) is 0. The van der Waals surface area contributed by atoms with Gasteiger partial charge in [-0.3, -0.25) is 4.79 Å². The molecule has 1 N–H and O–H groups in total. The summed E-state index contributed by atoms with van der Waals surface area (Å²) in [5, 5.41) is 11.2. The van der Waals surface area contributed by atoms with Gasteiger partial charge in [0.1, 0.15) is 0 Å². The molecule has 2 saturated carbocycles. The van der Waals surface area contributed by atoms with E-state index in [1.54, 1.807) is 0 Å². The minimum absolute atomic E-state index is 0.0562. The van der Waals surface area contributed by atoms with Crippen LogP contribution in [0.3, 0.4) is 0 Å². The zero-order valence-electron chi connectivity index (χ0n) is 15.9. The number of carbonyl (C=O) groups is 1. The summed E-state index contributed by atoms with van der Waals surface area (Å²) in [6.07, 6.45) is 8.87. The second kappa shape index (κ2) is 7.11. The molecule has 5 rings (SSSR count). The lowest BCUT2D eigenvalue weighted by Gasteiger charge is -2.22. The topological polar surface area (TPSA) is 86.5 Å². The highest BCUT2D eigenvalue weighted by Crippen LogP contribution is 2.60. The van der Waals surface area contributed by atoms with Crippen molar-refractivity contribution in [2.24, 2.45) is 11.3 Å². The van der Waals surface area contributed by atoms with E-state index in [9.17, 15) is 4.79 Å². The van der Waals surface area contributed by atoms with Gasteiger partial charge in [0.15, 0.2) is 11.5 Å². The Labute approximate surface area is 163 Å². The maximum atomic E-state index is 12.2. The Morgan fingerprint density at radius 1 is 1.14 bits per heavy atom. The van der Waals surface area contributed by atoms with Crippen LogP contribution in [0.25, 0.3) is 11.5 Å². The highest BCUT2D eigenvalue weighted by molar-refractivity contribution is 5.76. The van der Waals surface area contributed by atoms with Gasteiger partial charge in [0.2, 0.25) is 24.5 Å². The van der Waals surface area contributed by atoms with E-state index in [0.717, 1.165) is 12.1 Å². The van der Waals surface area contributed by atoms with Crippen molar-refractivity contribution >= 4 is 5.91 Å². The summed E-state index contributed by atoms with van der Waals surface area (Å²) in [5.74, 6) is 3.01. The number of aryl methyl sites for hydroxylation is 1. The number of nitrogens with one attached hydrogen (secondary N) is 1. The van der Waals surface area contributed by atoms with Gasteiger partial charge < -0.3 is 19.2 Å². The molecule has 3 aliphatic rings. The number of hydrogen-bond acceptors (Lipinski definition) is 6. The summed E-state index contributed by atoms with van der Waals surface area (Å²) in [6, 6.07) is 5.50. The van der Waals surface area contributed by atoms with Crippen molar-refractivity contribution in [1.29, 1.82) is 0 Å². The van der Waals surface area contributed by atoms with Crippen molar-refractivity contribution in [2.45, 2.75) is 51.4 Å². The first-order valence-electron chi connectivity index (χ1n) is 10.2. The number of amides is 1. The molecule has 0 bridgehead atoms. The zero-order chi connectivity index (χ0) is 19.0. The van der Waals surface area contributed by atoms with E-state index in [2.05, 4.69) is 15.5 Å². The lowest BCUT2D eigenvalue weighted by molar-refractivity contribution is -0.121. The van der Waals surface area contributed by atoms with Gasteiger partial charge in [-0.2, -0.15) is 0 Å². The van der Waals surface area contributed by atoms with Gasteiger partial charge in [0.25, 0.3) is 0 Å². The van der Waals surface area contributed by atoms with Gasteiger partial charge in [-0.15, -0.1) is 10.2 Å². The SMILES string of the molecule is O=C(CCc1nnc(-c2ccc3c(c2)OCO3)o1)NCC1CC12CCCCC2. The van der Waals surface area contributed by atoms with Gasteiger partial charge in [-0.25, -0.2) is 0 Å². The minimum atomic E-state index is 0.0562. The predicted molar refractivity (Wildman–Crippen MR) is 101 cm³/mol. The van der Waals surface area contributed by atoms with Crippen molar-refractivity contribution in [3.8, 4) is 23.0 Å². The quantitative estimate of drug-likeness (QED) is 0.822. The van der Waals surface area contributed by atoms with Crippen LogP contribution in [0.4, 0.5) is 0 Å². The van der Waals surface area contributed by atoms with Crippen molar-refractivity contribution in [3.63, 3.8) is 0 Å². The van der Waals surface area contributed by atoms with Crippen LogP contribution >= 0.6 is 0 Å². The molecular formula is C21H25N3O4. The van der Waals surface area contributed by atoms with E-state index in [1.807, 2.05) is 18.2 Å². The van der Waals surface area contributed by atoms with Crippen molar-refractivity contribution < 1.29 is 18.7 Å². The molecule has 28 heavy (non-hydrogen) atoms. The molecule has 1 amide bonds. The van der Waals surface area contributed by atoms with Crippen LogP contribution in [0.15, 0.2) is 22.6 Å². The lowest BCUT2D eigenvalue weighted by atomic mass is 9.84. The Kier molecular flexibility index (Phi) is 4.45. The summed E-state index contributed by atoms with van der Waals surface area (Å²) < 4.78 is 16.4. The third kappa shape index (κ3) is 3.45. The molecule has 2 heterocycles. The van der Waals surface area contributed by atoms with Crippen LogP contribution in [0, 0.1) is 11.3 Å². The van der Waals surface area contributed by atoms with E-state index in [1.165, 1.54) is 38.5 Å². The van der Waals surface area contributed by atoms with Crippen LogP contribution in [-0.4, -0.2) is 29.4 Å². The molecular weight excluding hydrogens is 358 g/mol. The minimum Gasteiger partial charge on any atom is -0.454 e.